The molecule has 0 bridgehead atoms. The van der Waals surface area contributed by atoms with Crippen molar-refractivity contribution in [1.29, 1.82) is 0 Å². The summed E-state index contributed by atoms with van der Waals surface area (Å²) in [5, 5.41) is 6.14. The van der Waals surface area contributed by atoms with E-state index in [4.69, 9.17) is 17.3 Å². The molecule has 0 saturated heterocycles. The van der Waals surface area contributed by atoms with Gasteiger partial charge in [-0.1, -0.05) is 25.4 Å². The number of nitrogens with two attached hydrogens (primary N) is 1. The molecule has 0 heterocycles. The van der Waals surface area contributed by atoms with Crippen LogP contribution in [0.2, 0.25) is 5.02 Å². The van der Waals surface area contributed by atoms with E-state index in [1.54, 1.807) is 24.3 Å². The third kappa shape index (κ3) is 8.52. The lowest BCUT2D eigenvalue weighted by atomic mass is 10.0. The number of amides is 2. The Hall–Kier alpha value is -1.30. The lowest BCUT2D eigenvalue weighted by Crippen LogP contribution is -2.52. The van der Waals surface area contributed by atoms with Gasteiger partial charge < -0.3 is 16.4 Å². The van der Waals surface area contributed by atoms with Gasteiger partial charge in [0.25, 0.3) is 5.91 Å². The Morgan fingerprint density at radius 3 is 2.21 bits per heavy atom. The van der Waals surface area contributed by atoms with E-state index in [1.807, 2.05) is 27.7 Å². The van der Waals surface area contributed by atoms with Crippen LogP contribution in [0.1, 0.15) is 44.5 Å². The number of hydrogen-bond donors (Lipinski definition) is 3. The van der Waals surface area contributed by atoms with Crippen molar-refractivity contribution >= 4 is 35.8 Å². The number of carbonyl (C=O) groups excluding carboxylic acids is 2. The van der Waals surface area contributed by atoms with E-state index >= 15 is 0 Å². The third-order valence-electron chi connectivity index (χ3n) is 3.15. The Morgan fingerprint density at radius 2 is 1.75 bits per heavy atom. The van der Waals surface area contributed by atoms with Crippen molar-refractivity contribution in [2.45, 2.75) is 45.7 Å². The number of carbonyl (C=O) groups is 2. The zero-order valence-corrected chi connectivity index (χ0v) is 16.1. The van der Waals surface area contributed by atoms with Crippen LogP contribution in [-0.2, 0) is 4.79 Å². The molecule has 1 unspecified atom stereocenters. The van der Waals surface area contributed by atoms with Crippen molar-refractivity contribution in [2.75, 3.05) is 6.54 Å². The van der Waals surface area contributed by atoms with Crippen molar-refractivity contribution in [2.24, 2.45) is 11.7 Å². The van der Waals surface area contributed by atoms with Gasteiger partial charge in [-0.15, -0.1) is 12.4 Å². The molecular formula is C17H27Cl2N3O2. The maximum absolute atomic E-state index is 12.3. The first kappa shape index (κ1) is 22.7. The molecular weight excluding hydrogens is 349 g/mol. The Balaban J connectivity index is 0.00000529. The van der Waals surface area contributed by atoms with Gasteiger partial charge in [-0.3, -0.25) is 9.59 Å². The fourth-order valence-corrected chi connectivity index (χ4v) is 2.11. The molecule has 7 heteroatoms. The molecule has 5 nitrogen and oxygen atoms in total. The normalized spacial score (nSPS) is 12.3. The summed E-state index contributed by atoms with van der Waals surface area (Å²) in [6.07, 6.45) is 0.552. The minimum Gasteiger partial charge on any atom is -0.352 e. The summed E-state index contributed by atoms with van der Waals surface area (Å²) in [5.74, 6) is -0.254. The molecule has 1 aromatic rings. The Bertz CT molecular complexity index is 540. The zero-order chi connectivity index (χ0) is 17.6. The van der Waals surface area contributed by atoms with E-state index in [9.17, 15) is 9.59 Å². The second-order valence-electron chi connectivity index (χ2n) is 6.87. The summed E-state index contributed by atoms with van der Waals surface area (Å²) in [6, 6.07) is 5.95. The van der Waals surface area contributed by atoms with Gasteiger partial charge in [-0.2, -0.15) is 0 Å². The van der Waals surface area contributed by atoms with Crippen LogP contribution in [0.15, 0.2) is 24.3 Å². The van der Waals surface area contributed by atoms with E-state index in [0.717, 1.165) is 0 Å². The Labute approximate surface area is 155 Å². The standard InChI is InChI=1S/C17H26ClN3O2.ClH/c1-11(2)9-14(16(23)20-10-17(3,4)19)21-15(22)12-5-7-13(18)8-6-12;/h5-8,11,14H,9-10,19H2,1-4H3,(H,20,23)(H,21,22);1H. The summed E-state index contributed by atoms with van der Waals surface area (Å²) < 4.78 is 0. The van der Waals surface area contributed by atoms with Gasteiger partial charge in [0.05, 0.1) is 0 Å². The molecule has 1 aromatic carbocycles. The maximum atomic E-state index is 12.3. The van der Waals surface area contributed by atoms with Gasteiger partial charge >= 0.3 is 0 Å². The van der Waals surface area contributed by atoms with Crippen molar-refractivity contribution in [3.05, 3.63) is 34.9 Å². The van der Waals surface area contributed by atoms with E-state index in [0.29, 0.717) is 23.6 Å². The SMILES string of the molecule is CC(C)CC(NC(=O)c1ccc(Cl)cc1)C(=O)NCC(C)(C)N.Cl. The van der Waals surface area contributed by atoms with Gasteiger partial charge in [0, 0.05) is 22.7 Å². The first-order chi connectivity index (χ1) is 10.6. The molecule has 0 radical (unpaired) electrons. The predicted molar refractivity (Wildman–Crippen MR) is 101 cm³/mol. The molecule has 136 valence electrons. The molecule has 0 fully saturated rings. The molecule has 0 spiro atoms. The minimum absolute atomic E-state index is 0. The van der Waals surface area contributed by atoms with Crippen molar-refractivity contribution in [3.63, 3.8) is 0 Å². The zero-order valence-electron chi connectivity index (χ0n) is 14.6. The lowest BCUT2D eigenvalue weighted by molar-refractivity contribution is -0.123. The second-order valence-corrected chi connectivity index (χ2v) is 7.31. The number of hydrogen-bond acceptors (Lipinski definition) is 3. The summed E-state index contributed by atoms with van der Waals surface area (Å²) in [4.78, 5) is 24.6. The minimum atomic E-state index is -0.597. The molecule has 1 rings (SSSR count). The average Bonchev–Trinajstić information content (AvgIpc) is 2.43. The van der Waals surface area contributed by atoms with Gasteiger partial charge in [0.2, 0.25) is 5.91 Å². The lowest BCUT2D eigenvalue weighted by Gasteiger charge is -2.24. The van der Waals surface area contributed by atoms with Crippen LogP contribution in [0.4, 0.5) is 0 Å². The largest absolute Gasteiger partial charge is 0.352 e. The summed E-state index contributed by atoms with van der Waals surface area (Å²) in [6.45, 7) is 8.01. The highest BCUT2D eigenvalue weighted by atomic mass is 35.5. The van der Waals surface area contributed by atoms with E-state index in [-0.39, 0.29) is 30.1 Å². The third-order valence-corrected chi connectivity index (χ3v) is 3.41. The predicted octanol–water partition coefficient (Wildman–Crippen LogP) is 2.76. The van der Waals surface area contributed by atoms with Gasteiger partial charge in [-0.05, 0) is 50.5 Å². The van der Waals surface area contributed by atoms with Crippen LogP contribution in [-0.4, -0.2) is 29.9 Å². The molecule has 0 aliphatic rings. The molecule has 24 heavy (non-hydrogen) atoms. The monoisotopic (exact) mass is 375 g/mol. The molecule has 0 aliphatic heterocycles. The molecule has 2 amide bonds. The van der Waals surface area contributed by atoms with E-state index in [1.165, 1.54) is 0 Å². The smallest absolute Gasteiger partial charge is 0.251 e. The van der Waals surface area contributed by atoms with Crippen LogP contribution < -0.4 is 16.4 Å². The quantitative estimate of drug-likeness (QED) is 0.684. The van der Waals surface area contributed by atoms with Crippen LogP contribution in [0.3, 0.4) is 0 Å². The topological polar surface area (TPSA) is 84.2 Å². The van der Waals surface area contributed by atoms with E-state index < -0.39 is 11.6 Å². The van der Waals surface area contributed by atoms with Crippen LogP contribution in [0, 0.1) is 5.92 Å². The average molecular weight is 376 g/mol. The molecule has 0 aromatic heterocycles. The molecule has 0 saturated carbocycles. The molecule has 0 aliphatic carbocycles. The Kier molecular flexibility index (Phi) is 9.33. The highest BCUT2D eigenvalue weighted by Crippen LogP contribution is 2.11. The maximum Gasteiger partial charge on any atom is 0.251 e. The van der Waals surface area contributed by atoms with Gasteiger partial charge in [0.15, 0.2) is 0 Å². The highest BCUT2D eigenvalue weighted by molar-refractivity contribution is 6.30. The van der Waals surface area contributed by atoms with Gasteiger partial charge in [0.1, 0.15) is 6.04 Å². The van der Waals surface area contributed by atoms with Crippen molar-refractivity contribution < 1.29 is 9.59 Å². The van der Waals surface area contributed by atoms with E-state index in [2.05, 4.69) is 10.6 Å². The fraction of sp³-hybridized carbons (Fsp3) is 0.529. The van der Waals surface area contributed by atoms with Crippen molar-refractivity contribution in [3.8, 4) is 0 Å². The van der Waals surface area contributed by atoms with Crippen LogP contribution >= 0.6 is 24.0 Å². The fourth-order valence-electron chi connectivity index (χ4n) is 1.98. The molecule has 1 atom stereocenters. The summed E-state index contributed by atoms with van der Waals surface area (Å²) >= 11 is 5.82. The van der Waals surface area contributed by atoms with Crippen LogP contribution in [0.5, 0.6) is 0 Å². The number of halogens is 2. The first-order valence-corrected chi connectivity index (χ1v) is 8.09. The number of benzene rings is 1. The number of nitrogens with one attached hydrogen (secondary N) is 2. The van der Waals surface area contributed by atoms with Crippen LogP contribution in [0.25, 0.3) is 0 Å². The summed E-state index contributed by atoms with van der Waals surface area (Å²) in [5.41, 5.74) is 5.84. The highest BCUT2D eigenvalue weighted by Gasteiger charge is 2.23. The van der Waals surface area contributed by atoms with Crippen molar-refractivity contribution in [1.82, 2.24) is 10.6 Å². The number of rotatable bonds is 7. The Morgan fingerprint density at radius 1 is 1.21 bits per heavy atom. The molecule has 4 N–H and O–H groups in total. The second kappa shape index (κ2) is 9.87. The first-order valence-electron chi connectivity index (χ1n) is 7.71. The summed E-state index contributed by atoms with van der Waals surface area (Å²) in [7, 11) is 0. The van der Waals surface area contributed by atoms with Gasteiger partial charge in [-0.25, -0.2) is 0 Å².